The highest BCUT2D eigenvalue weighted by atomic mass is 35.5. The van der Waals surface area contributed by atoms with E-state index in [-0.39, 0.29) is 42.2 Å². The van der Waals surface area contributed by atoms with E-state index in [4.69, 9.17) is 11.6 Å². The number of carbonyl (C=O) groups is 1. The van der Waals surface area contributed by atoms with Gasteiger partial charge in [0.1, 0.15) is 0 Å². The normalized spacial score (nSPS) is 30.3. The molecule has 34 heavy (non-hydrogen) atoms. The molecule has 2 aliphatic carbocycles. The van der Waals surface area contributed by atoms with Gasteiger partial charge in [0.2, 0.25) is 5.91 Å². The van der Waals surface area contributed by atoms with Crippen LogP contribution in [-0.2, 0) is 11.8 Å². The van der Waals surface area contributed by atoms with Crippen molar-refractivity contribution in [1.29, 1.82) is 0 Å². The second-order valence-corrected chi connectivity index (χ2v) is 10.7. The average molecular weight is 498 g/mol. The Morgan fingerprint density at radius 1 is 1.18 bits per heavy atom. The van der Waals surface area contributed by atoms with E-state index in [1.165, 1.54) is 0 Å². The number of carbonyl (C=O) groups excluding carboxylic acids is 1. The van der Waals surface area contributed by atoms with Crippen LogP contribution < -0.4 is 10.9 Å². The molecule has 2 heterocycles. The third kappa shape index (κ3) is 4.97. The van der Waals surface area contributed by atoms with Gasteiger partial charge in [0.15, 0.2) is 0 Å². The molecule has 186 valence electrons. The standard InChI is InChI=1S/C25H31ClF3N3O2/c1-13-4-6-17(31-23(33)15-5-7-21(26)20(10-15)25(27,28)29)11-18(13)19-9-16-12-30-14(2)8-22(16)32(3)24(19)34/h8-9,12-13,15,17-18,20-21H,4-7,10-11H2,1-3H3,(H,31,33). The summed E-state index contributed by atoms with van der Waals surface area (Å²) in [6, 6.07) is 3.62. The lowest BCUT2D eigenvalue weighted by atomic mass is 9.74. The Bertz CT molecular complexity index is 1130. The zero-order valence-electron chi connectivity index (χ0n) is 19.7. The smallest absolute Gasteiger partial charge is 0.353 e. The minimum Gasteiger partial charge on any atom is -0.353 e. The number of aromatic nitrogens is 2. The summed E-state index contributed by atoms with van der Waals surface area (Å²) in [6.45, 7) is 3.99. The molecule has 6 atom stereocenters. The Morgan fingerprint density at radius 3 is 2.62 bits per heavy atom. The molecule has 2 aliphatic rings. The summed E-state index contributed by atoms with van der Waals surface area (Å²) < 4.78 is 41.6. The van der Waals surface area contributed by atoms with Crippen molar-refractivity contribution < 1.29 is 18.0 Å². The summed E-state index contributed by atoms with van der Waals surface area (Å²) in [4.78, 5) is 30.5. The van der Waals surface area contributed by atoms with Crippen molar-refractivity contribution in [1.82, 2.24) is 14.9 Å². The summed E-state index contributed by atoms with van der Waals surface area (Å²) in [5.41, 5.74) is 2.30. The number of rotatable bonds is 3. The van der Waals surface area contributed by atoms with Gasteiger partial charge in [-0.3, -0.25) is 14.6 Å². The quantitative estimate of drug-likeness (QED) is 0.591. The number of alkyl halides is 4. The maximum absolute atomic E-state index is 13.3. The zero-order valence-corrected chi connectivity index (χ0v) is 20.4. The van der Waals surface area contributed by atoms with E-state index < -0.39 is 23.4 Å². The molecule has 0 aromatic carbocycles. The highest BCUT2D eigenvalue weighted by Crippen LogP contribution is 2.43. The van der Waals surface area contributed by atoms with Gasteiger partial charge in [-0.05, 0) is 69.4 Å². The van der Waals surface area contributed by atoms with Gasteiger partial charge in [0, 0.05) is 47.2 Å². The minimum atomic E-state index is -4.40. The summed E-state index contributed by atoms with van der Waals surface area (Å²) in [7, 11) is 1.75. The number of nitrogens with zero attached hydrogens (tertiary/aromatic N) is 2. The van der Waals surface area contributed by atoms with Crippen molar-refractivity contribution in [2.45, 2.75) is 75.9 Å². The molecule has 2 saturated carbocycles. The molecule has 2 fully saturated rings. The number of nitrogens with one attached hydrogen (secondary N) is 1. The molecule has 0 bridgehead atoms. The highest BCUT2D eigenvalue weighted by Gasteiger charge is 2.48. The van der Waals surface area contributed by atoms with Crippen molar-refractivity contribution in [2.24, 2.45) is 24.8 Å². The average Bonchev–Trinajstić information content (AvgIpc) is 2.77. The van der Waals surface area contributed by atoms with Crippen LogP contribution in [0.25, 0.3) is 10.9 Å². The zero-order chi connectivity index (χ0) is 24.8. The van der Waals surface area contributed by atoms with Crippen molar-refractivity contribution in [3.05, 3.63) is 39.9 Å². The van der Waals surface area contributed by atoms with Crippen molar-refractivity contribution >= 4 is 28.4 Å². The third-order valence-electron chi connectivity index (χ3n) is 7.77. The molecule has 6 unspecified atom stereocenters. The van der Waals surface area contributed by atoms with Crippen molar-refractivity contribution in [2.75, 3.05) is 0 Å². The van der Waals surface area contributed by atoms with Crippen LogP contribution in [-0.4, -0.2) is 33.1 Å². The van der Waals surface area contributed by atoms with E-state index in [0.29, 0.717) is 18.4 Å². The van der Waals surface area contributed by atoms with E-state index in [2.05, 4.69) is 17.2 Å². The lowest BCUT2D eigenvalue weighted by Gasteiger charge is -2.37. The predicted molar refractivity (Wildman–Crippen MR) is 126 cm³/mol. The monoisotopic (exact) mass is 497 g/mol. The summed E-state index contributed by atoms with van der Waals surface area (Å²) in [5.74, 6) is -2.48. The van der Waals surface area contributed by atoms with Gasteiger partial charge in [-0.2, -0.15) is 13.2 Å². The van der Waals surface area contributed by atoms with E-state index in [1.54, 1.807) is 17.8 Å². The fourth-order valence-corrected chi connectivity index (χ4v) is 6.04. The molecule has 5 nitrogen and oxygen atoms in total. The Labute approximate surface area is 202 Å². The van der Waals surface area contributed by atoms with Crippen LogP contribution in [0.15, 0.2) is 23.1 Å². The molecule has 1 amide bonds. The first-order valence-electron chi connectivity index (χ1n) is 11.9. The van der Waals surface area contributed by atoms with Gasteiger partial charge in [-0.15, -0.1) is 11.6 Å². The largest absolute Gasteiger partial charge is 0.393 e. The number of amides is 1. The molecular formula is C25H31ClF3N3O2. The van der Waals surface area contributed by atoms with E-state index in [1.807, 2.05) is 19.1 Å². The first kappa shape index (κ1) is 25.0. The van der Waals surface area contributed by atoms with Crippen LogP contribution in [0, 0.1) is 24.7 Å². The molecule has 0 radical (unpaired) electrons. The minimum absolute atomic E-state index is 0.0510. The van der Waals surface area contributed by atoms with Gasteiger partial charge in [-0.1, -0.05) is 6.92 Å². The molecular weight excluding hydrogens is 467 g/mol. The van der Waals surface area contributed by atoms with E-state index in [0.717, 1.165) is 29.4 Å². The SMILES string of the molecule is Cc1cc2c(cn1)cc(C1CC(NC(=O)C3CCC(Cl)C(C(F)(F)F)C3)CCC1C)c(=O)n2C. The molecule has 1 N–H and O–H groups in total. The Morgan fingerprint density at radius 2 is 1.91 bits per heavy atom. The lowest BCUT2D eigenvalue weighted by Crippen LogP contribution is -2.46. The molecule has 2 aromatic heterocycles. The second kappa shape index (κ2) is 9.51. The number of hydrogen-bond donors (Lipinski definition) is 1. The van der Waals surface area contributed by atoms with Gasteiger partial charge < -0.3 is 9.88 Å². The van der Waals surface area contributed by atoms with Gasteiger partial charge in [-0.25, -0.2) is 0 Å². The molecule has 0 saturated heterocycles. The first-order chi connectivity index (χ1) is 16.0. The second-order valence-electron chi connectivity index (χ2n) is 10.1. The molecule has 2 aromatic rings. The highest BCUT2D eigenvalue weighted by molar-refractivity contribution is 6.20. The first-order valence-corrected chi connectivity index (χ1v) is 12.4. The van der Waals surface area contributed by atoms with Crippen molar-refractivity contribution in [3.63, 3.8) is 0 Å². The van der Waals surface area contributed by atoms with E-state index >= 15 is 0 Å². The Hall–Kier alpha value is -2.09. The maximum Gasteiger partial charge on any atom is 0.393 e. The van der Waals surface area contributed by atoms with Gasteiger partial charge >= 0.3 is 6.18 Å². The lowest BCUT2D eigenvalue weighted by molar-refractivity contribution is -0.184. The summed E-state index contributed by atoms with van der Waals surface area (Å²) in [5, 5.41) is 2.91. The van der Waals surface area contributed by atoms with Crippen LogP contribution in [0.5, 0.6) is 0 Å². The molecule has 9 heteroatoms. The molecule has 0 spiro atoms. The van der Waals surface area contributed by atoms with Crippen LogP contribution >= 0.6 is 11.6 Å². The van der Waals surface area contributed by atoms with Crippen LogP contribution in [0.2, 0.25) is 0 Å². The van der Waals surface area contributed by atoms with Gasteiger partial charge in [0.05, 0.1) is 11.4 Å². The van der Waals surface area contributed by atoms with E-state index in [9.17, 15) is 22.8 Å². The number of fused-ring (bicyclic) bond motifs is 1. The van der Waals surface area contributed by atoms with Crippen LogP contribution in [0.1, 0.15) is 62.6 Å². The topological polar surface area (TPSA) is 64.0 Å². The Kier molecular flexibility index (Phi) is 7.00. The van der Waals surface area contributed by atoms with Gasteiger partial charge in [0.25, 0.3) is 5.56 Å². The Balaban J connectivity index is 1.51. The van der Waals surface area contributed by atoms with Crippen LogP contribution in [0.4, 0.5) is 13.2 Å². The number of aryl methyl sites for hydroxylation is 2. The van der Waals surface area contributed by atoms with Crippen molar-refractivity contribution in [3.8, 4) is 0 Å². The molecule has 0 aliphatic heterocycles. The van der Waals surface area contributed by atoms with Crippen LogP contribution in [0.3, 0.4) is 0 Å². The third-order valence-corrected chi connectivity index (χ3v) is 8.29. The summed E-state index contributed by atoms with van der Waals surface area (Å²) in [6.07, 6.45) is -0.223. The molecule has 4 rings (SSSR count). The predicted octanol–water partition coefficient (Wildman–Crippen LogP) is 5.22. The fraction of sp³-hybridized carbons (Fsp3) is 0.640. The fourth-order valence-electron chi connectivity index (χ4n) is 5.67. The maximum atomic E-state index is 13.3. The number of halogens is 4. The summed E-state index contributed by atoms with van der Waals surface area (Å²) >= 11 is 5.92. The number of hydrogen-bond acceptors (Lipinski definition) is 3. The number of pyridine rings is 2.